The van der Waals surface area contributed by atoms with Crippen LogP contribution in [0.4, 0.5) is 5.69 Å². The van der Waals surface area contributed by atoms with Crippen molar-refractivity contribution in [1.82, 2.24) is 4.98 Å². The number of aromatic nitrogens is 1. The van der Waals surface area contributed by atoms with Crippen LogP contribution in [0, 0.1) is 27.9 Å². The number of nitrogens with zero attached hydrogens (tertiary/aromatic N) is 3. The van der Waals surface area contributed by atoms with Gasteiger partial charge in [0.05, 0.1) is 35.0 Å². The minimum absolute atomic E-state index is 0.0197. The zero-order valence-electron chi connectivity index (χ0n) is 35.1. The number of benzene rings is 3. The number of hydrogen-bond acceptors (Lipinski definition) is 12. The molecular formula is C49H57N3O8S2. The molecule has 1 fully saturated rings. The summed E-state index contributed by atoms with van der Waals surface area (Å²) in [5.74, 6) is 2.03. The van der Waals surface area contributed by atoms with Gasteiger partial charge in [0.25, 0.3) is 5.69 Å². The molecule has 0 saturated heterocycles. The van der Waals surface area contributed by atoms with Crippen molar-refractivity contribution in [2.24, 2.45) is 22.9 Å². The van der Waals surface area contributed by atoms with Gasteiger partial charge in [-0.1, -0.05) is 48.3 Å². The molecule has 11 nitrogen and oxygen atoms in total. The Morgan fingerprint density at radius 3 is 2.47 bits per heavy atom. The van der Waals surface area contributed by atoms with Crippen LogP contribution in [0.5, 0.6) is 11.5 Å². The van der Waals surface area contributed by atoms with E-state index in [1.54, 1.807) is 30.0 Å². The molecule has 0 bridgehead atoms. The Morgan fingerprint density at radius 1 is 0.952 bits per heavy atom. The third-order valence-electron chi connectivity index (χ3n) is 12.0. The Hall–Kier alpha value is -4.66. The number of rotatable bonds is 24. The topological polar surface area (TPSA) is 146 Å². The number of nitro groups is 1. The standard InChI is InChI=1S/C49H57N3O8S2/c1-2-27-58-49-46(62-29-22-35-20-23-50-24-21-35)33-44(51-59-34-36-14-16-38(17-15-36)52(55)56)42-31-37(10-6-8-25-53)41(13-7-9-26-54)47(48(42)49)43-32-39(18-19-45(43)60-49)57-28-30-61-40-11-4-3-5-12-40/h2-5,11-12,14-21,23-24,31-32,37,41,46-48,53-54H,1,6-10,13,22,25-30,33-34H2. The quantitative estimate of drug-likeness (QED) is 0.0228. The van der Waals surface area contributed by atoms with Crippen LogP contribution in [-0.2, 0) is 22.6 Å². The van der Waals surface area contributed by atoms with Crippen LogP contribution in [-0.4, -0.2) is 74.8 Å². The molecule has 328 valence electrons. The minimum Gasteiger partial charge on any atom is -0.493 e. The van der Waals surface area contributed by atoms with E-state index in [0.717, 1.165) is 77.5 Å². The number of aryl methyl sites for hydroxylation is 1. The summed E-state index contributed by atoms with van der Waals surface area (Å²) in [6, 6.07) is 27.0. The maximum atomic E-state index is 11.3. The number of aliphatic hydroxyl groups is 2. The van der Waals surface area contributed by atoms with Gasteiger partial charge in [-0.2, -0.15) is 11.8 Å². The highest BCUT2D eigenvalue weighted by Crippen LogP contribution is 2.62. The van der Waals surface area contributed by atoms with Crippen molar-refractivity contribution < 1.29 is 34.2 Å². The summed E-state index contributed by atoms with van der Waals surface area (Å²) in [6.45, 7) is 5.28. The molecule has 1 aliphatic heterocycles. The zero-order chi connectivity index (χ0) is 43.2. The summed E-state index contributed by atoms with van der Waals surface area (Å²) in [4.78, 5) is 22.5. The van der Waals surface area contributed by atoms with E-state index in [4.69, 9.17) is 24.2 Å². The first-order chi connectivity index (χ1) is 30.4. The summed E-state index contributed by atoms with van der Waals surface area (Å²) in [7, 11) is 0. The van der Waals surface area contributed by atoms with Gasteiger partial charge in [0.2, 0.25) is 5.79 Å². The summed E-state index contributed by atoms with van der Waals surface area (Å²) in [5, 5.41) is 35.9. The minimum atomic E-state index is -1.09. The van der Waals surface area contributed by atoms with Crippen molar-refractivity contribution >= 4 is 34.9 Å². The van der Waals surface area contributed by atoms with E-state index in [2.05, 4.69) is 35.8 Å². The van der Waals surface area contributed by atoms with Crippen LogP contribution < -0.4 is 9.47 Å². The van der Waals surface area contributed by atoms with E-state index in [9.17, 15) is 20.3 Å². The van der Waals surface area contributed by atoms with Crippen LogP contribution in [0.1, 0.15) is 67.6 Å². The summed E-state index contributed by atoms with van der Waals surface area (Å²) in [6.07, 6.45) is 14.0. The molecule has 62 heavy (non-hydrogen) atoms. The normalized spacial score (nSPS) is 23.1. The second-order valence-electron chi connectivity index (χ2n) is 15.9. The number of unbranched alkanes of at least 4 members (excludes halogenated alkanes) is 2. The smallest absolute Gasteiger partial charge is 0.269 e. The first kappa shape index (κ1) is 45.4. The molecule has 13 heteroatoms. The van der Waals surface area contributed by atoms with Gasteiger partial charge in [0, 0.05) is 66.3 Å². The first-order valence-corrected chi connectivity index (χ1v) is 23.7. The fourth-order valence-electron chi connectivity index (χ4n) is 9.17. The molecule has 2 aliphatic carbocycles. The first-order valence-electron chi connectivity index (χ1n) is 21.7. The van der Waals surface area contributed by atoms with Gasteiger partial charge in [-0.15, -0.1) is 18.3 Å². The molecule has 3 aliphatic rings. The molecule has 2 N–H and O–H groups in total. The Labute approximate surface area is 373 Å². The van der Waals surface area contributed by atoms with Crippen molar-refractivity contribution in [3.63, 3.8) is 0 Å². The highest BCUT2D eigenvalue weighted by Gasteiger charge is 2.64. The summed E-state index contributed by atoms with van der Waals surface area (Å²) < 4.78 is 20.9. The van der Waals surface area contributed by atoms with Gasteiger partial charge in [-0.25, -0.2) is 0 Å². The lowest BCUT2D eigenvalue weighted by Gasteiger charge is -2.58. The lowest BCUT2D eigenvalue weighted by molar-refractivity contribution is -0.384. The molecule has 0 radical (unpaired) electrons. The van der Waals surface area contributed by atoms with E-state index in [1.165, 1.54) is 22.6 Å². The second-order valence-corrected chi connectivity index (χ2v) is 18.4. The van der Waals surface area contributed by atoms with Crippen LogP contribution in [0.25, 0.3) is 0 Å². The molecule has 1 aromatic heterocycles. The molecular weight excluding hydrogens is 823 g/mol. The number of non-ortho nitro benzene ring substituents is 1. The molecule has 3 aromatic carbocycles. The Morgan fingerprint density at radius 2 is 1.73 bits per heavy atom. The number of fused-ring (bicyclic) bond motifs is 2. The summed E-state index contributed by atoms with van der Waals surface area (Å²) >= 11 is 3.57. The predicted molar refractivity (Wildman–Crippen MR) is 246 cm³/mol. The highest BCUT2D eigenvalue weighted by atomic mass is 32.2. The lowest BCUT2D eigenvalue weighted by Crippen LogP contribution is -2.64. The maximum Gasteiger partial charge on any atom is 0.269 e. The van der Waals surface area contributed by atoms with Gasteiger partial charge in [-0.05, 0) is 121 Å². The van der Waals surface area contributed by atoms with Crippen LogP contribution in [0.3, 0.4) is 0 Å². The largest absolute Gasteiger partial charge is 0.493 e. The number of aliphatic hydroxyl groups excluding tert-OH is 2. The third kappa shape index (κ3) is 11.1. The molecule has 1 saturated carbocycles. The van der Waals surface area contributed by atoms with E-state index in [-0.39, 0.29) is 61.0 Å². The number of nitro benzene ring substituents is 1. The second kappa shape index (κ2) is 22.6. The van der Waals surface area contributed by atoms with Gasteiger partial charge in [0.1, 0.15) is 18.1 Å². The van der Waals surface area contributed by atoms with Crippen molar-refractivity contribution in [1.29, 1.82) is 0 Å². The van der Waals surface area contributed by atoms with Gasteiger partial charge < -0.3 is 29.3 Å². The highest BCUT2D eigenvalue weighted by molar-refractivity contribution is 8.00. The predicted octanol–water partition coefficient (Wildman–Crippen LogP) is 9.97. The zero-order valence-corrected chi connectivity index (χ0v) is 36.7. The lowest BCUT2D eigenvalue weighted by atomic mass is 9.56. The monoisotopic (exact) mass is 879 g/mol. The maximum absolute atomic E-state index is 11.3. The third-order valence-corrected chi connectivity index (χ3v) is 14.3. The Kier molecular flexibility index (Phi) is 16.6. The Bertz CT molecular complexity index is 2120. The van der Waals surface area contributed by atoms with Gasteiger partial charge >= 0.3 is 0 Å². The van der Waals surface area contributed by atoms with E-state index >= 15 is 0 Å². The number of ether oxygens (including phenoxy) is 3. The Balaban J connectivity index is 1.30. The van der Waals surface area contributed by atoms with Crippen molar-refractivity contribution in [3.8, 4) is 11.5 Å². The number of allylic oxidation sites excluding steroid dienone is 1. The van der Waals surface area contributed by atoms with Crippen LogP contribution in [0.2, 0.25) is 0 Å². The number of thioether (sulfide) groups is 2. The average molecular weight is 880 g/mol. The molecule has 0 spiro atoms. The van der Waals surface area contributed by atoms with Crippen LogP contribution in [0.15, 0.2) is 132 Å². The molecule has 7 rings (SSSR count). The molecule has 4 aromatic rings. The van der Waals surface area contributed by atoms with E-state index in [1.807, 2.05) is 66.6 Å². The average Bonchev–Trinajstić information content (AvgIpc) is 3.30. The van der Waals surface area contributed by atoms with Crippen molar-refractivity contribution in [2.75, 3.05) is 37.9 Å². The number of oxime groups is 1. The van der Waals surface area contributed by atoms with E-state index < -0.39 is 10.7 Å². The molecule has 2 heterocycles. The van der Waals surface area contributed by atoms with Crippen LogP contribution >= 0.6 is 23.5 Å². The number of pyridine rings is 1. The van der Waals surface area contributed by atoms with E-state index in [0.29, 0.717) is 25.9 Å². The van der Waals surface area contributed by atoms with Crippen molar-refractivity contribution in [2.45, 2.75) is 79.8 Å². The number of hydrogen-bond donors (Lipinski definition) is 2. The summed E-state index contributed by atoms with van der Waals surface area (Å²) in [5.41, 5.74) is 4.93. The van der Waals surface area contributed by atoms with Crippen molar-refractivity contribution in [3.05, 3.63) is 148 Å². The molecule has 6 unspecified atom stereocenters. The SMILES string of the molecule is C=CCOC12Oc3ccc(OCCSc4ccccc4)cc3C3C(CCCCO)C(CCCCO)C=C(C(=NOCc4ccc([N+](=O)[O-])cc4)CC1SCCc1ccncc1)C32. The van der Waals surface area contributed by atoms with Gasteiger partial charge in [0.15, 0.2) is 0 Å². The fraction of sp³-hybridized carbons (Fsp3) is 0.429. The molecule has 0 amide bonds. The van der Waals surface area contributed by atoms with Gasteiger partial charge in [-0.3, -0.25) is 15.1 Å². The fourth-order valence-corrected chi connectivity index (χ4v) is 11.3. The molecule has 6 atom stereocenters.